The lowest BCUT2D eigenvalue weighted by Gasteiger charge is -2.16. The number of rotatable bonds is 4. The third-order valence-corrected chi connectivity index (χ3v) is 3.98. The van der Waals surface area contributed by atoms with Crippen LogP contribution in [-0.2, 0) is 16.1 Å². The summed E-state index contributed by atoms with van der Waals surface area (Å²) in [5.74, 6) is -0.0571. The predicted octanol–water partition coefficient (Wildman–Crippen LogP) is 2.69. The molecule has 1 aliphatic rings. The number of hydrogen-bond donors (Lipinski definition) is 0. The van der Waals surface area contributed by atoms with Gasteiger partial charge < -0.3 is 9.74 Å². The molecule has 0 fully saturated rings. The zero-order chi connectivity index (χ0) is 13.8. The minimum Gasteiger partial charge on any atom is -0.386 e. The summed E-state index contributed by atoms with van der Waals surface area (Å²) in [5.41, 5.74) is 2.20. The molecule has 0 atom stereocenters. The summed E-state index contributed by atoms with van der Waals surface area (Å²) in [6.45, 7) is 0.687. The van der Waals surface area contributed by atoms with E-state index in [-0.39, 0.29) is 12.5 Å². The Morgan fingerprint density at radius 1 is 1.35 bits per heavy atom. The lowest BCUT2D eigenvalue weighted by Crippen LogP contribution is -2.31. The Labute approximate surface area is 121 Å². The summed E-state index contributed by atoms with van der Waals surface area (Å²) in [4.78, 5) is 19.9. The molecular formula is C15H14N2O2S. The molecule has 4 nitrogen and oxygen atoms in total. The number of fused-ring (bicyclic) bond motifs is 1. The fourth-order valence-electron chi connectivity index (χ4n) is 2.22. The molecule has 0 radical (unpaired) electrons. The fraction of sp³-hybridized carbons (Fsp3) is 0.200. The first-order valence-corrected chi connectivity index (χ1v) is 7.29. The van der Waals surface area contributed by atoms with Crippen LogP contribution in [0.1, 0.15) is 10.4 Å². The van der Waals surface area contributed by atoms with E-state index >= 15 is 0 Å². The zero-order valence-corrected chi connectivity index (χ0v) is 11.7. The van der Waals surface area contributed by atoms with Gasteiger partial charge in [0.05, 0.1) is 6.21 Å². The van der Waals surface area contributed by atoms with E-state index in [2.05, 4.69) is 11.2 Å². The van der Waals surface area contributed by atoms with Gasteiger partial charge in [-0.15, -0.1) is 11.3 Å². The number of para-hydroxylation sites is 1. The molecule has 5 heteroatoms. The van der Waals surface area contributed by atoms with Gasteiger partial charge in [0, 0.05) is 17.1 Å². The SMILES string of the molecule is O=C(CO/N=C/c1cccs1)N1CCc2ccccc21. The molecule has 1 aromatic carbocycles. The van der Waals surface area contributed by atoms with Gasteiger partial charge in [0.15, 0.2) is 6.61 Å². The van der Waals surface area contributed by atoms with Crippen LogP contribution in [0.4, 0.5) is 5.69 Å². The smallest absolute Gasteiger partial charge is 0.267 e. The van der Waals surface area contributed by atoms with Crippen LogP contribution in [-0.4, -0.2) is 25.3 Å². The van der Waals surface area contributed by atoms with E-state index in [9.17, 15) is 4.79 Å². The van der Waals surface area contributed by atoms with E-state index in [0.717, 1.165) is 23.5 Å². The van der Waals surface area contributed by atoms with Crippen molar-refractivity contribution in [3.63, 3.8) is 0 Å². The van der Waals surface area contributed by atoms with Crippen LogP contribution in [0.3, 0.4) is 0 Å². The van der Waals surface area contributed by atoms with E-state index in [1.807, 2.05) is 35.7 Å². The Bertz CT molecular complexity index is 623. The van der Waals surface area contributed by atoms with E-state index in [0.29, 0.717) is 0 Å². The van der Waals surface area contributed by atoms with Crippen molar-refractivity contribution < 1.29 is 9.63 Å². The first-order chi connectivity index (χ1) is 9.84. The number of oxime groups is 1. The number of nitrogens with zero attached hydrogens (tertiary/aromatic N) is 2. The number of carbonyl (C=O) groups excluding carboxylic acids is 1. The van der Waals surface area contributed by atoms with Crippen molar-refractivity contribution in [2.75, 3.05) is 18.1 Å². The monoisotopic (exact) mass is 286 g/mol. The highest BCUT2D eigenvalue weighted by Gasteiger charge is 2.24. The zero-order valence-electron chi connectivity index (χ0n) is 10.9. The normalized spacial score (nSPS) is 13.7. The largest absolute Gasteiger partial charge is 0.386 e. The number of amides is 1. The van der Waals surface area contributed by atoms with Crippen LogP contribution >= 0.6 is 11.3 Å². The van der Waals surface area contributed by atoms with Gasteiger partial charge >= 0.3 is 0 Å². The molecule has 20 heavy (non-hydrogen) atoms. The van der Waals surface area contributed by atoms with Crippen LogP contribution in [0.2, 0.25) is 0 Å². The molecule has 0 bridgehead atoms. The second-order valence-corrected chi connectivity index (χ2v) is 5.43. The van der Waals surface area contributed by atoms with Gasteiger partial charge in [0.25, 0.3) is 5.91 Å². The van der Waals surface area contributed by atoms with E-state index in [4.69, 9.17) is 4.84 Å². The lowest BCUT2D eigenvalue weighted by molar-refractivity contribution is -0.122. The van der Waals surface area contributed by atoms with Crippen LogP contribution in [0.25, 0.3) is 0 Å². The number of benzene rings is 1. The van der Waals surface area contributed by atoms with Crippen molar-refractivity contribution in [2.24, 2.45) is 5.16 Å². The van der Waals surface area contributed by atoms with Gasteiger partial charge in [-0.05, 0) is 29.5 Å². The predicted molar refractivity (Wildman–Crippen MR) is 80.4 cm³/mol. The van der Waals surface area contributed by atoms with Crippen molar-refractivity contribution in [2.45, 2.75) is 6.42 Å². The maximum atomic E-state index is 12.1. The molecule has 102 valence electrons. The molecule has 0 aliphatic carbocycles. The number of anilines is 1. The molecule has 3 rings (SSSR count). The third-order valence-electron chi connectivity index (χ3n) is 3.17. The first-order valence-electron chi connectivity index (χ1n) is 6.42. The molecule has 1 aromatic heterocycles. The van der Waals surface area contributed by atoms with Gasteiger partial charge in [-0.1, -0.05) is 29.4 Å². The van der Waals surface area contributed by atoms with Gasteiger partial charge in [0.2, 0.25) is 0 Å². The average molecular weight is 286 g/mol. The van der Waals surface area contributed by atoms with E-state index < -0.39 is 0 Å². The Morgan fingerprint density at radius 3 is 3.10 bits per heavy atom. The van der Waals surface area contributed by atoms with Gasteiger partial charge in [-0.3, -0.25) is 4.79 Å². The van der Waals surface area contributed by atoms with E-state index in [1.165, 1.54) is 5.56 Å². The van der Waals surface area contributed by atoms with Crippen LogP contribution < -0.4 is 4.90 Å². The van der Waals surface area contributed by atoms with Crippen molar-refractivity contribution in [3.05, 3.63) is 52.2 Å². The number of carbonyl (C=O) groups is 1. The topological polar surface area (TPSA) is 41.9 Å². The summed E-state index contributed by atoms with van der Waals surface area (Å²) in [5, 5.41) is 5.79. The summed E-state index contributed by atoms with van der Waals surface area (Å²) in [6.07, 6.45) is 2.52. The minimum atomic E-state index is -0.0571. The Balaban J connectivity index is 1.56. The second kappa shape index (κ2) is 5.88. The molecule has 0 N–H and O–H groups in total. The van der Waals surface area contributed by atoms with Crippen molar-refractivity contribution in [3.8, 4) is 0 Å². The number of hydrogen-bond acceptors (Lipinski definition) is 4. The Hall–Kier alpha value is -2.14. The molecule has 0 saturated carbocycles. The molecule has 0 saturated heterocycles. The highest BCUT2D eigenvalue weighted by molar-refractivity contribution is 7.11. The van der Waals surface area contributed by atoms with E-state index in [1.54, 1.807) is 22.5 Å². The summed E-state index contributed by atoms with van der Waals surface area (Å²) >= 11 is 1.57. The quantitative estimate of drug-likeness (QED) is 0.640. The Kier molecular flexibility index (Phi) is 3.78. The Morgan fingerprint density at radius 2 is 2.25 bits per heavy atom. The minimum absolute atomic E-state index is 0.0315. The fourth-order valence-corrected chi connectivity index (χ4v) is 2.80. The highest BCUT2D eigenvalue weighted by Crippen LogP contribution is 2.27. The highest BCUT2D eigenvalue weighted by atomic mass is 32.1. The van der Waals surface area contributed by atoms with Crippen LogP contribution in [0.5, 0.6) is 0 Å². The molecule has 2 aromatic rings. The molecule has 0 spiro atoms. The summed E-state index contributed by atoms with van der Waals surface area (Å²) < 4.78 is 0. The van der Waals surface area contributed by atoms with Crippen molar-refractivity contribution in [1.29, 1.82) is 0 Å². The molecule has 2 heterocycles. The van der Waals surface area contributed by atoms with Crippen LogP contribution in [0, 0.1) is 0 Å². The van der Waals surface area contributed by atoms with Crippen molar-refractivity contribution >= 4 is 29.1 Å². The molecule has 0 unspecified atom stereocenters. The molecule has 1 aliphatic heterocycles. The maximum Gasteiger partial charge on any atom is 0.267 e. The average Bonchev–Trinajstić information content (AvgIpc) is 3.12. The summed E-state index contributed by atoms with van der Waals surface area (Å²) in [6, 6.07) is 11.8. The molecule has 1 amide bonds. The molecular weight excluding hydrogens is 272 g/mol. The van der Waals surface area contributed by atoms with Gasteiger partial charge in [0.1, 0.15) is 0 Å². The van der Waals surface area contributed by atoms with Crippen LogP contribution in [0.15, 0.2) is 46.9 Å². The number of thiophene rings is 1. The van der Waals surface area contributed by atoms with Crippen molar-refractivity contribution in [1.82, 2.24) is 0 Å². The summed E-state index contributed by atoms with van der Waals surface area (Å²) in [7, 11) is 0. The standard InChI is InChI=1S/C15H14N2O2S/c18-15(11-19-16-10-13-5-3-9-20-13)17-8-7-12-4-1-2-6-14(12)17/h1-6,9-10H,7-8,11H2/b16-10+. The second-order valence-electron chi connectivity index (χ2n) is 4.45. The van der Waals surface area contributed by atoms with Gasteiger partial charge in [-0.2, -0.15) is 0 Å². The maximum absolute atomic E-state index is 12.1. The first kappa shape index (κ1) is 12.9. The lowest BCUT2D eigenvalue weighted by atomic mass is 10.2. The van der Waals surface area contributed by atoms with Gasteiger partial charge in [-0.25, -0.2) is 0 Å². The third kappa shape index (κ3) is 2.72.